The van der Waals surface area contributed by atoms with Crippen LogP contribution in [0.15, 0.2) is 53.4 Å². The standard InChI is InChI=1S/C22H22N6O2/c1-15-25-20(26-30-15)17-7-9-27(10-8-17)22(29)18-11-19-21(23-12-18)28(14-24-19)13-16-5-3-2-4-6-16/h2-6,11-12,14,17H,7-10,13H2,1H3. The lowest BCUT2D eigenvalue weighted by Crippen LogP contribution is -2.38. The zero-order valence-corrected chi connectivity index (χ0v) is 16.7. The van der Waals surface area contributed by atoms with Gasteiger partial charge in [-0.1, -0.05) is 35.5 Å². The third-order valence-corrected chi connectivity index (χ3v) is 5.59. The van der Waals surface area contributed by atoms with Gasteiger partial charge < -0.3 is 14.0 Å². The third kappa shape index (κ3) is 3.56. The van der Waals surface area contributed by atoms with Gasteiger partial charge in [-0.15, -0.1) is 0 Å². The highest BCUT2D eigenvalue weighted by molar-refractivity contribution is 5.96. The molecule has 4 aromatic rings. The first-order valence-corrected chi connectivity index (χ1v) is 10.1. The van der Waals surface area contributed by atoms with E-state index in [0.29, 0.717) is 31.1 Å². The number of carbonyl (C=O) groups is 1. The number of rotatable bonds is 4. The zero-order valence-electron chi connectivity index (χ0n) is 16.7. The van der Waals surface area contributed by atoms with Crippen LogP contribution in [0, 0.1) is 6.92 Å². The van der Waals surface area contributed by atoms with Crippen LogP contribution in [-0.4, -0.2) is 48.6 Å². The molecule has 1 aliphatic heterocycles. The summed E-state index contributed by atoms with van der Waals surface area (Å²) >= 11 is 0. The van der Waals surface area contributed by atoms with Crippen molar-refractivity contribution in [2.45, 2.75) is 32.2 Å². The summed E-state index contributed by atoms with van der Waals surface area (Å²) < 4.78 is 7.08. The van der Waals surface area contributed by atoms with Gasteiger partial charge in [-0.2, -0.15) is 4.98 Å². The van der Waals surface area contributed by atoms with E-state index in [1.54, 1.807) is 19.4 Å². The van der Waals surface area contributed by atoms with Crippen molar-refractivity contribution in [1.82, 2.24) is 29.6 Å². The Kier molecular flexibility index (Phi) is 4.74. The monoisotopic (exact) mass is 402 g/mol. The minimum atomic E-state index is -0.00949. The van der Waals surface area contributed by atoms with E-state index >= 15 is 0 Å². The molecule has 0 radical (unpaired) electrons. The van der Waals surface area contributed by atoms with E-state index in [1.165, 1.54) is 5.56 Å². The summed E-state index contributed by atoms with van der Waals surface area (Å²) in [7, 11) is 0. The Balaban J connectivity index is 1.28. The highest BCUT2D eigenvalue weighted by Gasteiger charge is 2.27. The van der Waals surface area contributed by atoms with Crippen molar-refractivity contribution in [3.63, 3.8) is 0 Å². The summed E-state index contributed by atoms with van der Waals surface area (Å²) in [5.74, 6) is 1.55. The molecule has 1 aliphatic rings. The summed E-state index contributed by atoms with van der Waals surface area (Å²) in [5, 5.41) is 4.02. The molecule has 5 rings (SSSR count). The van der Waals surface area contributed by atoms with Crippen molar-refractivity contribution in [3.8, 4) is 0 Å². The number of nitrogens with zero attached hydrogens (tertiary/aromatic N) is 6. The Labute approximate surface area is 173 Å². The Morgan fingerprint density at radius 2 is 1.97 bits per heavy atom. The smallest absolute Gasteiger partial charge is 0.255 e. The number of imidazole rings is 1. The van der Waals surface area contributed by atoms with Crippen molar-refractivity contribution >= 4 is 17.1 Å². The molecule has 1 amide bonds. The molecule has 0 unspecified atom stereocenters. The summed E-state index contributed by atoms with van der Waals surface area (Å²) in [6, 6.07) is 12.0. The predicted octanol–water partition coefficient (Wildman–Crippen LogP) is 3.19. The molecule has 0 N–H and O–H groups in total. The maximum atomic E-state index is 13.0. The molecule has 1 saturated heterocycles. The number of amides is 1. The number of aromatic nitrogens is 5. The van der Waals surface area contributed by atoms with Gasteiger partial charge in [-0.25, -0.2) is 9.97 Å². The number of hydrogen-bond donors (Lipinski definition) is 0. The van der Waals surface area contributed by atoms with Crippen LogP contribution in [0.5, 0.6) is 0 Å². The van der Waals surface area contributed by atoms with Gasteiger partial charge in [0.15, 0.2) is 11.5 Å². The van der Waals surface area contributed by atoms with Gasteiger partial charge in [0.25, 0.3) is 5.91 Å². The van der Waals surface area contributed by atoms with Crippen LogP contribution in [0.25, 0.3) is 11.2 Å². The topological polar surface area (TPSA) is 89.9 Å². The number of pyridine rings is 1. The van der Waals surface area contributed by atoms with Gasteiger partial charge in [0, 0.05) is 32.1 Å². The number of aryl methyl sites for hydroxylation is 1. The second-order valence-corrected chi connectivity index (χ2v) is 7.66. The zero-order chi connectivity index (χ0) is 20.5. The average Bonchev–Trinajstić information content (AvgIpc) is 3.40. The molecule has 0 spiro atoms. The molecule has 30 heavy (non-hydrogen) atoms. The van der Waals surface area contributed by atoms with Gasteiger partial charge in [0.1, 0.15) is 5.52 Å². The van der Waals surface area contributed by atoms with Gasteiger partial charge in [-0.3, -0.25) is 4.79 Å². The van der Waals surface area contributed by atoms with Crippen LogP contribution in [0.1, 0.15) is 46.4 Å². The molecule has 8 nitrogen and oxygen atoms in total. The Morgan fingerprint density at radius 3 is 2.70 bits per heavy atom. The van der Waals surface area contributed by atoms with Crippen molar-refractivity contribution in [3.05, 3.63) is 71.8 Å². The fourth-order valence-electron chi connectivity index (χ4n) is 3.97. The molecule has 152 valence electrons. The Hall–Kier alpha value is -3.55. The number of fused-ring (bicyclic) bond motifs is 1. The lowest BCUT2D eigenvalue weighted by Gasteiger charge is -2.30. The molecule has 8 heteroatoms. The predicted molar refractivity (Wildman–Crippen MR) is 110 cm³/mol. The summed E-state index contributed by atoms with van der Waals surface area (Å²) in [6.07, 6.45) is 5.08. The van der Waals surface area contributed by atoms with Crippen molar-refractivity contribution in [1.29, 1.82) is 0 Å². The number of piperidine rings is 1. The Bertz CT molecular complexity index is 1170. The molecule has 0 aliphatic carbocycles. The first-order valence-electron chi connectivity index (χ1n) is 10.1. The van der Waals surface area contributed by atoms with E-state index in [0.717, 1.165) is 29.8 Å². The molecule has 4 heterocycles. The quantitative estimate of drug-likeness (QED) is 0.521. The lowest BCUT2D eigenvalue weighted by atomic mass is 9.96. The second kappa shape index (κ2) is 7.70. The van der Waals surface area contributed by atoms with E-state index < -0.39 is 0 Å². The lowest BCUT2D eigenvalue weighted by molar-refractivity contribution is 0.0710. The Morgan fingerprint density at radius 1 is 1.17 bits per heavy atom. The number of carbonyl (C=O) groups excluding carboxylic acids is 1. The minimum absolute atomic E-state index is 0.00949. The molecule has 1 fully saturated rings. The van der Waals surface area contributed by atoms with Crippen LogP contribution in [0.3, 0.4) is 0 Å². The summed E-state index contributed by atoms with van der Waals surface area (Å²) in [5.41, 5.74) is 3.26. The van der Waals surface area contributed by atoms with Crippen molar-refractivity contribution in [2.24, 2.45) is 0 Å². The molecule has 0 bridgehead atoms. The normalized spacial score (nSPS) is 15.0. The van der Waals surface area contributed by atoms with Crippen LogP contribution < -0.4 is 0 Å². The van der Waals surface area contributed by atoms with E-state index in [1.807, 2.05) is 33.7 Å². The third-order valence-electron chi connectivity index (χ3n) is 5.59. The van der Waals surface area contributed by atoms with E-state index in [2.05, 4.69) is 32.2 Å². The second-order valence-electron chi connectivity index (χ2n) is 7.66. The van der Waals surface area contributed by atoms with E-state index in [-0.39, 0.29) is 11.8 Å². The molecular weight excluding hydrogens is 380 g/mol. The minimum Gasteiger partial charge on any atom is -0.340 e. The van der Waals surface area contributed by atoms with Gasteiger partial charge >= 0.3 is 0 Å². The van der Waals surface area contributed by atoms with Gasteiger partial charge in [-0.05, 0) is 24.5 Å². The first-order chi connectivity index (χ1) is 14.7. The summed E-state index contributed by atoms with van der Waals surface area (Å²) in [6.45, 7) is 3.81. The number of hydrogen-bond acceptors (Lipinski definition) is 6. The number of benzene rings is 1. The van der Waals surface area contributed by atoms with E-state index in [9.17, 15) is 4.79 Å². The van der Waals surface area contributed by atoms with Crippen LogP contribution >= 0.6 is 0 Å². The fourth-order valence-corrected chi connectivity index (χ4v) is 3.97. The highest BCUT2D eigenvalue weighted by atomic mass is 16.5. The largest absolute Gasteiger partial charge is 0.340 e. The molecular formula is C22H22N6O2. The van der Waals surface area contributed by atoms with E-state index in [4.69, 9.17) is 4.52 Å². The average molecular weight is 402 g/mol. The molecule has 3 aromatic heterocycles. The first kappa shape index (κ1) is 18.5. The SMILES string of the molecule is Cc1nc(C2CCN(C(=O)c3cnc4c(c3)ncn4Cc3ccccc3)CC2)no1. The molecule has 0 atom stereocenters. The maximum absolute atomic E-state index is 13.0. The summed E-state index contributed by atoms with van der Waals surface area (Å²) in [4.78, 5) is 28.2. The van der Waals surface area contributed by atoms with Crippen molar-refractivity contribution < 1.29 is 9.32 Å². The maximum Gasteiger partial charge on any atom is 0.255 e. The fraction of sp³-hybridized carbons (Fsp3) is 0.318. The molecule has 1 aromatic carbocycles. The van der Waals surface area contributed by atoms with Gasteiger partial charge in [0.05, 0.1) is 18.4 Å². The van der Waals surface area contributed by atoms with Crippen LogP contribution in [0.2, 0.25) is 0 Å². The van der Waals surface area contributed by atoms with Crippen LogP contribution in [0.4, 0.5) is 0 Å². The van der Waals surface area contributed by atoms with Gasteiger partial charge in [0.2, 0.25) is 5.89 Å². The number of likely N-dealkylation sites (tertiary alicyclic amines) is 1. The highest BCUT2D eigenvalue weighted by Crippen LogP contribution is 2.27. The molecule has 0 saturated carbocycles. The van der Waals surface area contributed by atoms with Crippen LogP contribution in [-0.2, 0) is 6.54 Å². The van der Waals surface area contributed by atoms with Crippen molar-refractivity contribution in [2.75, 3.05) is 13.1 Å².